The van der Waals surface area contributed by atoms with Gasteiger partial charge in [-0.25, -0.2) is 4.98 Å². The molecule has 0 atom stereocenters. The van der Waals surface area contributed by atoms with Gasteiger partial charge in [0.15, 0.2) is 0 Å². The molecule has 57 heavy (non-hydrogen) atoms. The van der Waals surface area contributed by atoms with Gasteiger partial charge in [-0.2, -0.15) is 0 Å². The normalized spacial score (nSPS) is 14.2. The molecule has 5 heteroatoms. The molecule has 0 amide bonds. The van der Waals surface area contributed by atoms with E-state index in [1.807, 2.05) is 12.4 Å². The Kier molecular flexibility index (Phi) is 7.04. The number of benzene rings is 6. The molecular formula is C52H37N5. The lowest BCUT2D eigenvalue weighted by molar-refractivity contribution is 0.625. The van der Waals surface area contributed by atoms with Crippen molar-refractivity contribution in [1.29, 1.82) is 0 Å². The Labute approximate surface area is 330 Å². The van der Waals surface area contributed by atoms with Gasteiger partial charge < -0.3 is 9.88 Å². The molecule has 0 saturated carbocycles. The fourth-order valence-electron chi connectivity index (χ4n) is 10.0. The highest BCUT2D eigenvalue weighted by Gasteiger charge is 2.47. The van der Waals surface area contributed by atoms with E-state index in [-0.39, 0.29) is 0 Å². The van der Waals surface area contributed by atoms with Crippen LogP contribution >= 0.6 is 0 Å². The van der Waals surface area contributed by atoms with Gasteiger partial charge in [0.1, 0.15) is 5.65 Å². The van der Waals surface area contributed by atoms with Crippen molar-refractivity contribution in [1.82, 2.24) is 24.4 Å². The molecule has 0 bridgehead atoms. The lowest BCUT2D eigenvalue weighted by Gasteiger charge is -2.33. The zero-order valence-electron chi connectivity index (χ0n) is 31.2. The maximum atomic E-state index is 5.68. The number of aromatic nitrogens is 4. The minimum Gasteiger partial charge on any atom is -0.311 e. The van der Waals surface area contributed by atoms with Crippen LogP contribution in [0, 0.1) is 0 Å². The fourth-order valence-corrected chi connectivity index (χ4v) is 10.0. The van der Waals surface area contributed by atoms with Gasteiger partial charge in [0.05, 0.1) is 28.3 Å². The molecule has 12 rings (SSSR count). The van der Waals surface area contributed by atoms with Crippen molar-refractivity contribution < 1.29 is 0 Å². The maximum absolute atomic E-state index is 5.68. The Morgan fingerprint density at radius 3 is 1.93 bits per heavy atom. The van der Waals surface area contributed by atoms with E-state index < -0.39 is 5.41 Å². The van der Waals surface area contributed by atoms with Gasteiger partial charge in [0.25, 0.3) is 0 Å². The molecule has 0 saturated heterocycles. The number of para-hydroxylation sites is 1. The quantitative estimate of drug-likeness (QED) is 0.192. The third-order valence-corrected chi connectivity index (χ3v) is 12.5. The lowest BCUT2D eigenvalue weighted by Crippen LogP contribution is -2.28. The average Bonchev–Trinajstić information content (AvgIpc) is 3.90. The van der Waals surface area contributed by atoms with Crippen LogP contribution in [0.25, 0.3) is 66.6 Å². The van der Waals surface area contributed by atoms with E-state index in [9.17, 15) is 0 Å². The van der Waals surface area contributed by atoms with Gasteiger partial charge in [0.2, 0.25) is 0 Å². The van der Waals surface area contributed by atoms with Crippen LogP contribution < -0.4 is 5.32 Å². The summed E-state index contributed by atoms with van der Waals surface area (Å²) in [5.41, 5.74) is 17.3. The van der Waals surface area contributed by atoms with E-state index in [0.717, 1.165) is 53.1 Å². The topological polar surface area (TPSA) is 47.7 Å². The van der Waals surface area contributed by atoms with Crippen LogP contribution in [0.5, 0.6) is 0 Å². The summed E-state index contributed by atoms with van der Waals surface area (Å²) in [6, 6.07) is 62.0. The minimum atomic E-state index is -0.502. The van der Waals surface area contributed by atoms with Gasteiger partial charge >= 0.3 is 0 Å². The third kappa shape index (κ3) is 4.61. The molecule has 0 radical (unpaired) electrons. The summed E-state index contributed by atoms with van der Waals surface area (Å²) in [6.07, 6.45) is 4.94. The van der Waals surface area contributed by atoms with E-state index in [1.165, 1.54) is 66.5 Å². The third-order valence-electron chi connectivity index (χ3n) is 12.5. The molecule has 0 fully saturated rings. The van der Waals surface area contributed by atoms with Crippen molar-refractivity contribution in [3.63, 3.8) is 0 Å². The molecule has 0 spiro atoms. The van der Waals surface area contributed by atoms with Crippen LogP contribution in [-0.2, 0) is 18.4 Å². The molecular weight excluding hydrogens is 695 g/mol. The Morgan fingerprint density at radius 2 is 1.19 bits per heavy atom. The van der Waals surface area contributed by atoms with Gasteiger partial charge in [0, 0.05) is 51.5 Å². The summed E-state index contributed by atoms with van der Waals surface area (Å²) >= 11 is 0. The van der Waals surface area contributed by atoms with Crippen LogP contribution in [0.1, 0.15) is 33.5 Å². The van der Waals surface area contributed by atoms with Crippen molar-refractivity contribution in [2.75, 3.05) is 6.54 Å². The predicted molar refractivity (Wildman–Crippen MR) is 231 cm³/mol. The van der Waals surface area contributed by atoms with E-state index in [2.05, 4.69) is 189 Å². The van der Waals surface area contributed by atoms with E-state index in [4.69, 9.17) is 4.98 Å². The van der Waals surface area contributed by atoms with Crippen LogP contribution in [0.15, 0.2) is 182 Å². The van der Waals surface area contributed by atoms with E-state index >= 15 is 0 Å². The minimum absolute atomic E-state index is 0.502. The highest BCUT2D eigenvalue weighted by atomic mass is 15.1. The first-order valence-corrected chi connectivity index (χ1v) is 19.8. The van der Waals surface area contributed by atoms with Crippen molar-refractivity contribution in [3.8, 4) is 33.8 Å². The smallest absolute Gasteiger partial charge is 0.146 e. The average molecular weight is 732 g/mol. The molecule has 2 aliphatic rings. The van der Waals surface area contributed by atoms with E-state index in [0.29, 0.717) is 0 Å². The van der Waals surface area contributed by atoms with Crippen molar-refractivity contribution in [2.45, 2.75) is 18.4 Å². The summed E-state index contributed by atoms with van der Waals surface area (Å²) in [5, 5.41) is 7.23. The SMILES string of the molecule is c1ccc(C2(c3ccccc3)c3ccccc3-c3nc4c(cc32)c2ccccc2n4-c2ccc(-c3ccc(-n4c5c(c6ccncc64)CCNC5)cc3)cc2)cc1. The highest BCUT2D eigenvalue weighted by molar-refractivity contribution is 6.09. The van der Waals surface area contributed by atoms with Crippen molar-refractivity contribution >= 4 is 32.8 Å². The number of fused-ring (bicyclic) bond motifs is 9. The summed E-state index contributed by atoms with van der Waals surface area (Å²) in [4.78, 5) is 10.2. The molecule has 5 nitrogen and oxygen atoms in total. The summed E-state index contributed by atoms with van der Waals surface area (Å²) < 4.78 is 4.72. The number of hydrogen-bond donors (Lipinski definition) is 1. The van der Waals surface area contributed by atoms with Crippen molar-refractivity contribution in [3.05, 3.63) is 216 Å². The fraction of sp³-hybridized carbons (Fsp3) is 0.0769. The second-order valence-corrected chi connectivity index (χ2v) is 15.3. The van der Waals surface area contributed by atoms with Gasteiger partial charge in [-0.15, -0.1) is 0 Å². The van der Waals surface area contributed by atoms with Crippen LogP contribution in [0.4, 0.5) is 0 Å². The molecule has 270 valence electrons. The lowest BCUT2D eigenvalue weighted by atomic mass is 9.68. The monoisotopic (exact) mass is 731 g/mol. The zero-order valence-corrected chi connectivity index (χ0v) is 31.2. The number of rotatable bonds is 5. The molecule has 1 aliphatic carbocycles. The van der Waals surface area contributed by atoms with Crippen molar-refractivity contribution in [2.24, 2.45) is 0 Å². The first-order chi connectivity index (χ1) is 28.3. The second-order valence-electron chi connectivity index (χ2n) is 15.3. The zero-order chi connectivity index (χ0) is 37.5. The largest absolute Gasteiger partial charge is 0.311 e. The number of pyridine rings is 2. The molecule has 5 heterocycles. The Hall–Kier alpha value is -7.08. The summed E-state index contributed by atoms with van der Waals surface area (Å²) in [6.45, 7) is 1.87. The Bertz CT molecular complexity index is 3120. The standard InChI is InChI=1S/C52H37N5/c1-3-11-36(12-4-1)52(37-13-5-2-6-14-37)45-17-9-7-16-43(45)50-46(52)31-44-40-15-8-10-18-47(40)57(51(44)55-50)39-25-21-35(22-26-39)34-19-23-38(24-20-34)56-48-32-53-29-27-41(48)42-28-30-54-33-49(42)56/h1-27,29,31-32,54H,28,30,33H2. The Morgan fingerprint density at radius 1 is 0.544 bits per heavy atom. The summed E-state index contributed by atoms with van der Waals surface area (Å²) in [7, 11) is 0. The van der Waals surface area contributed by atoms with Crippen LogP contribution in [-0.4, -0.2) is 25.6 Å². The number of nitrogens with one attached hydrogen (secondary N) is 1. The van der Waals surface area contributed by atoms with E-state index in [1.54, 1.807) is 0 Å². The van der Waals surface area contributed by atoms with Gasteiger partial charge in [-0.05, 0) is 94.4 Å². The highest BCUT2D eigenvalue weighted by Crippen LogP contribution is 2.56. The second kappa shape index (κ2) is 12.5. The van der Waals surface area contributed by atoms with Gasteiger partial charge in [-0.1, -0.05) is 127 Å². The molecule has 4 aromatic heterocycles. The Balaban J connectivity index is 0.993. The number of hydrogen-bond acceptors (Lipinski definition) is 3. The van der Waals surface area contributed by atoms with Crippen LogP contribution in [0.2, 0.25) is 0 Å². The molecule has 1 aliphatic heterocycles. The maximum Gasteiger partial charge on any atom is 0.146 e. The first-order valence-electron chi connectivity index (χ1n) is 19.8. The number of nitrogens with zero attached hydrogens (tertiary/aromatic N) is 4. The molecule has 10 aromatic rings. The van der Waals surface area contributed by atoms with Crippen LogP contribution in [0.3, 0.4) is 0 Å². The van der Waals surface area contributed by atoms with Gasteiger partial charge in [-0.3, -0.25) is 9.55 Å². The molecule has 0 unspecified atom stereocenters. The first kappa shape index (κ1) is 32.2. The predicted octanol–water partition coefficient (Wildman–Crippen LogP) is 11.2. The summed E-state index contributed by atoms with van der Waals surface area (Å²) in [5.74, 6) is 0. The molecule has 1 N–H and O–H groups in total. The molecule has 6 aromatic carbocycles.